The second-order valence-corrected chi connectivity index (χ2v) is 7.58. The van der Waals surface area contributed by atoms with Gasteiger partial charge in [-0.05, 0) is 55.8 Å². The molecule has 1 aliphatic rings. The Morgan fingerprint density at radius 3 is 2.39 bits per heavy atom. The summed E-state index contributed by atoms with van der Waals surface area (Å²) in [7, 11) is 0. The zero-order chi connectivity index (χ0) is 20.1. The molecule has 146 valence electrons. The summed E-state index contributed by atoms with van der Waals surface area (Å²) in [4.78, 5) is 16.8. The van der Waals surface area contributed by atoms with Gasteiger partial charge in [-0.25, -0.2) is 4.39 Å². The lowest BCUT2D eigenvalue weighted by Gasteiger charge is -2.34. The fourth-order valence-electron chi connectivity index (χ4n) is 3.11. The van der Waals surface area contributed by atoms with Crippen LogP contribution in [0.5, 0.6) is 0 Å². The van der Waals surface area contributed by atoms with E-state index < -0.39 is 5.60 Å². The van der Waals surface area contributed by atoms with E-state index in [9.17, 15) is 14.3 Å². The molecule has 0 spiro atoms. The van der Waals surface area contributed by atoms with Gasteiger partial charge in [0.1, 0.15) is 11.4 Å². The fraction of sp³-hybridized carbons (Fsp3) is 0.348. The first-order valence-corrected chi connectivity index (χ1v) is 9.42. The Kier molecular flexibility index (Phi) is 6.13. The van der Waals surface area contributed by atoms with Crippen LogP contribution < -0.4 is 0 Å². The van der Waals surface area contributed by atoms with Gasteiger partial charge >= 0.3 is 0 Å². The summed E-state index contributed by atoms with van der Waals surface area (Å²) in [5, 5.41) is 9.66. The second kappa shape index (κ2) is 8.55. The van der Waals surface area contributed by atoms with Gasteiger partial charge in [-0.15, -0.1) is 0 Å². The van der Waals surface area contributed by atoms with Crippen molar-refractivity contribution in [3.63, 3.8) is 0 Å². The van der Waals surface area contributed by atoms with Gasteiger partial charge < -0.3 is 10.0 Å². The Morgan fingerprint density at radius 1 is 1.11 bits per heavy atom. The summed E-state index contributed by atoms with van der Waals surface area (Å²) in [6.45, 7) is 6.77. The topological polar surface area (TPSA) is 43.8 Å². The highest BCUT2D eigenvalue weighted by atomic mass is 19.1. The van der Waals surface area contributed by atoms with E-state index in [0.29, 0.717) is 25.2 Å². The quantitative estimate of drug-likeness (QED) is 0.833. The minimum Gasteiger partial charge on any atom is -0.378 e. The van der Waals surface area contributed by atoms with E-state index in [2.05, 4.69) is 16.7 Å². The predicted octanol–water partition coefficient (Wildman–Crippen LogP) is 2.91. The van der Waals surface area contributed by atoms with Crippen LogP contribution in [0.3, 0.4) is 0 Å². The minimum atomic E-state index is -1.04. The first kappa shape index (κ1) is 20.1. The van der Waals surface area contributed by atoms with Crippen LogP contribution in [0.15, 0.2) is 48.5 Å². The molecule has 0 bridgehead atoms. The van der Waals surface area contributed by atoms with E-state index in [0.717, 1.165) is 24.2 Å². The number of hydrogen-bond acceptors (Lipinski definition) is 3. The van der Waals surface area contributed by atoms with Gasteiger partial charge in [0.05, 0.1) is 0 Å². The van der Waals surface area contributed by atoms with Gasteiger partial charge in [0, 0.05) is 43.9 Å². The highest BCUT2D eigenvalue weighted by Crippen LogP contribution is 2.13. The van der Waals surface area contributed by atoms with Crippen LogP contribution in [0.1, 0.15) is 35.3 Å². The number of aliphatic hydroxyl groups is 1. The molecule has 0 unspecified atom stereocenters. The van der Waals surface area contributed by atoms with E-state index in [-0.39, 0.29) is 11.7 Å². The van der Waals surface area contributed by atoms with Crippen molar-refractivity contribution < 1.29 is 14.3 Å². The highest BCUT2D eigenvalue weighted by Gasteiger charge is 2.22. The molecule has 4 nitrogen and oxygen atoms in total. The maximum Gasteiger partial charge on any atom is 0.253 e. The summed E-state index contributed by atoms with van der Waals surface area (Å²) >= 11 is 0. The molecular weight excluding hydrogens is 355 g/mol. The third kappa shape index (κ3) is 5.66. The summed E-state index contributed by atoms with van der Waals surface area (Å²) < 4.78 is 13.3. The van der Waals surface area contributed by atoms with Crippen LogP contribution in [-0.4, -0.2) is 52.6 Å². The lowest BCUT2D eigenvalue weighted by Crippen LogP contribution is -2.48. The average Bonchev–Trinajstić information content (AvgIpc) is 2.66. The smallest absolute Gasteiger partial charge is 0.253 e. The number of piperazine rings is 1. The number of benzene rings is 2. The molecule has 2 aromatic carbocycles. The van der Waals surface area contributed by atoms with Gasteiger partial charge in [0.2, 0.25) is 0 Å². The number of halogens is 1. The first-order chi connectivity index (χ1) is 13.3. The van der Waals surface area contributed by atoms with Crippen LogP contribution >= 0.6 is 0 Å². The van der Waals surface area contributed by atoms with Gasteiger partial charge in [0.15, 0.2) is 0 Å². The third-order valence-electron chi connectivity index (χ3n) is 4.60. The second-order valence-electron chi connectivity index (χ2n) is 7.58. The summed E-state index contributed by atoms with van der Waals surface area (Å²) in [6.07, 6.45) is 0. The highest BCUT2D eigenvalue weighted by molar-refractivity contribution is 5.94. The molecule has 1 fully saturated rings. The molecule has 1 aliphatic heterocycles. The van der Waals surface area contributed by atoms with E-state index in [4.69, 9.17) is 0 Å². The van der Waals surface area contributed by atoms with E-state index in [1.807, 2.05) is 11.0 Å². The van der Waals surface area contributed by atoms with Crippen molar-refractivity contribution in [2.75, 3.05) is 26.2 Å². The molecular formula is C23H25FN2O2. The van der Waals surface area contributed by atoms with Crippen LogP contribution in [-0.2, 0) is 6.54 Å². The Hall–Kier alpha value is -2.68. The first-order valence-electron chi connectivity index (χ1n) is 9.42. The van der Waals surface area contributed by atoms with Gasteiger partial charge in [-0.2, -0.15) is 0 Å². The molecule has 2 aromatic rings. The lowest BCUT2D eigenvalue weighted by atomic mass is 10.1. The molecule has 1 saturated heterocycles. The van der Waals surface area contributed by atoms with E-state index >= 15 is 0 Å². The largest absolute Gasteiger partial charge is 0.378 e. The molecule has 0 aliphatic carbocycles. The molecule has 0 atom stereocenters. The van der Waals surface area contributed by atoms with Crippen LogP contribution in [0.2, 0.25) is 0 Å². The van der Waals surface area contributed by atoms with Crippen molar-refractivity contribution in [2.24, 2.45) is 0 Å². The summed E-state index contributed by atoms with van der Waals surface area (Å²) in [5.74, 6) is 5.45. The monoisotopic (exact) mass is 380 g/mol. The third-order valence-corrected chi connectivity index (χ3v) is 4.60. The normalized spacial score (nSPS) is 15.1. The van der Waals surface area contributed by atoms with Crippen molar-refractivity contribution in [1.29, 1.82) is 0 Å². The molecule has 0 aromatic heterocycles. The zero-order valence-electron chi connectivity index (χ0n) is 16.3. The van der Waals surface area contributed by atoms with Crippen molar-refractivity contribution in [3.8, 4) is 11.8 Å². The molecule has 1 heterocycles. The number of hydrogen-bond donors (Lipinski definition) is 1. The van der Waals surface area contributed by atoms with Crippen LogP contribution in [0.25, 0.3) is 0 Å². The van der Waals surface area contributed by atoms with Gasteiger partial charge in [-0.3, -0.25) is 9.69 Å². The molecule has 5 heteroatoms. The van der Waals surface area contributed by atoms with E-state index in [1.165, 1.54) is 6.07 Å². The molecule has 1 amide bonds. The summed E-state index contributed by atoms with van der Waals surface area (Å²) in [6, 6.07) is 13.8. The maximum absolute atomic E-state index is 13.3. The fourth-order valence-corrected chi connectivity index (χ4v) is 3.11. The molecule has 1 N–H and O–H groups in total. The number of rotatable bonds is 3. The van der Waals surface area contributed by atoms with Crippen LogP contribution in [0, 0.1) is 17.7 Å². The van der Waals surface area contributed by atoms with Gasteiger partial charge in [-0.1, -0.05) is 24.0 Å². The predicted molar refractivity (Wildman–Crippen MR) is 107 cm³/mol. The molecule has 0 saturated carbocycles. The van der Waals surface area contributed by atoms with Crippen molar-refractivity contribution >= 4 is 5.91 Å². The maximum atomic E-state index is 13.3. The number of carbonyl (C=O) groups is 1. The lowest BCUT2D eigenvalue weighted by molar-refractivity contribution is 0.0628. The van der Waals surface area contributed by atoms with E-state index in [1.54, 1.807) is 50.2 Å². The number of amides is 1. The van der Waals surface area contributed by atoms with Crippen molar-refractivity contribution in [1.82, 2.24) is 9.80 Å². The zero-order valence-corrected chi connectivity index (χ0v) is 16.3. The Labute approximate surface area is 165 Å². The Balaban J connectivity index is 1.55. The number of nitrogens with zero attached hydrogens (tertiary/aromatic N) is 2. The van der Waals surface area contributed by atoms with Crippen LogP contribution in [0.4, 0.5) is 4.39 Å². The minimum absolute atomic E-state index is 0.00685. The summed E-state index contributed by atoms with van der Waals surface area (Å²) in [5.41, 5.74) is 1.30. The Morgan fingerprint density at radius 2 is 1.79 bits per heavy atom. The van der Waals surface area contributed by atoms with Crippen molar-refractivity contribution in [2.45, 2.75) is 26.0 Å². The van der Waals surface area contributed by atoms with Gasteiger partial charge in [0.25, 0.3) is 5.91 Å². The average molecular weight is 380 g/mol. The molecule has 0 radical (unpaired) electrons. The standard InChI is InChI=1S/C23H25FN2O2/c1-23(2,28)11-10-18-6-8-20(9-7-18)22(27)26-14-12-25(13-15-26)17-19-4-3-5-21(24)16-19/h3-9,16,28H,12-15,17H2,1-2H3. The number of carbonyl (C=O) groups excluding carboxylic acids is 1. The Bertz CT molecular complexity index is 883. The van der Waals surface area contributed by atoms with Crippen molar-refractivity contribution in [3.05, 3.63) is 71.0 Å². The SMILES string of the molecule is CC(C)(O)C#Cc1ccc(C(=O)N2CCN(Cc3cccc(F)c3)CC2)cc1. The molecule has 28 heavy (non-hydrogen) atoms. The molecule has 3 rings (SSSR count).